The Balaban J connectivity index is 1.59. The number of hydrogen-bond donors (Lipinski definition) is 1. The summed E-state index contributed by atoms with van der Waals surface area (Å²) in [4.78, 5) is 19.1. The van der Waals surface area contributed by atoms with Crippen LogP contribution in [0.4, 0.5) is 0 Å². The van der Waals surface area contributed by atoms with Gasteiger partial charge in [0, 0.05) is 31.4 Å². The van der Waals surface area contributed by atoms with Crippen LogP contribution >= 0.6 is 0 Å². The predicted octanol–water partition coefficient (Wildman–Crippen LogP) is 1.19. The van der Waals surface area contributed by atoms with E-state index >= 15 is 0 Å². The van der Waals surface area contributed by atoms with E-state index < -0.39 is 0 Å². The molecule has 0 saturated carbocycles. The van der Waals surface area contributed by atoms with Crippen molar-refractivity contribution >= 4 is 5.91 Å². The van der Waals surface area contributed by atoms with E-state index in [1.165, 1.54) is 12.8 Å². The molecule has 2 atom stereocenters. The zero-order chi connectivity index (χ0) is 13.9. The summed E-state index contributed by atoms with van der Waals surface area (Å²) in [5.41, 5.74) is 0. The molecule has 2 aliphatic rings. The summed E-state index contributed by atoms with van der Waals surface area (Å²) in [6.45, 7) is 5.03. The maximum absolute atomic E-state index is 12.5. The van der Waals surface area contributed by atoms with E-state index in [1.54, 1.807) is 0 Å². The molecule has 5 heteroatoms. The Hall–Kier alpha value is -1.36. The van der Waals surface area contributed by atoms with E-state index in [-0.39, 0.29) is 18.0 Å². The molecule has 0 unspecified atom stereocenters. The lowest BCUT2D eigenvalue weighted by Crippen LogP contribution is -2.52. The summed E-state index contributed by atoms with van der Waals surface area (Å²) in [7, 11) is 0. The number of aryl methyl sites for hydroxylation is 1. The maximum Gasteiger partial charge on any atom is 0.237 e. The van der Waals surface area contributed by atoms with Crippen LogP contribution in [-0.4, -0.2) is 45.5 Å². The topological polar surface area (TPSA) is 50.2 Å². The van der Waals surface area contributed by atoms with Gasteiger partial charge in [-0.2, -0.15) is 0 Å². The zero-order valence-electron chi connectivity index (χ0n) is 12.2. The minimum absolute atomic E-state index is 0.0814. The van der Waals surface area contributed by atoms with Gasteiger partial charge in [0.2, 0.25) is 5.91 Å². The molecule has 3 rings (SSSR count). The number of fused-ring (bicyclic) bond motifs is 1. The molecule has 1 saturated heterocycles. The smallest absolute Gasteiger partial charge is 0.237 e. The fourth-order valence-corrected chi connectivity index (χ4v) is 3.45. The molecule has 20 heavy (non-hydrogen) atoms. The fourth-order valence-electron chi connectivity index (χ4n) is 3.45. The van der Waals surface area contributed by atoms with Crippen LogP contribution < -0.4 is 5.32 Å². The number of rotatable bonds is 3. The SMILES string of the molecule is CCN1CCCC[C@@H]1C(=O)N[C@@H]1CCc2nccn2C1. The lowest BCUT2D eigenvalue weighted by Gasteiger charge is -2.35. The molecule has 1 fully saturated rings. The van der Waals surface area contributed by atoms with E-state index in [1.807, 2.05) is 12.4 Å². The molecule has 1 amide bonds. The summed E-state index contributed by atoms with van der Waals surface area (Å²) >= 11 is 0. The first-order chi connectivity index (χ1) is 9.78. The number of likely N-dealkylation sites (tertiary alicyclic amines) is 1. The normalized spacial score (nSPS) is 27.1. The maximum atomic E-state index is 12.5. The monoisotopic (exact) mass is 276 g/mol. The van der Waals surface area contributed by atoms with Crippen LogP contribution in [0.3, 0.4) is 0 Å². The van der Waals surface area contributed by atoms with E-state index in [0.717, 1.165) is 44.7 Å². The highest BCUT2D eigenvalue weighted by Crippen LogP contribution is 2.18. The van der Waals surface area contributed by atoms with Crippen molar-refractivity contribution in [1.29, 1.82) is 0 Å². The van der Waals surface area contributed by atoms with Crippen LogP contribution in [0.15, 0.2) is 12.4 Å². The van der Waals surface area contributed by atoms with Gasteiger partial charge in [0.15, 0.2) is 0 Å². The summed E-state index contributed by atoms with van der Waals surface area (Å²) in [5, 5.41) is 3.25. The Morgan fingerprint density at radius 2 is 2.35 bits per heavy atom. The first-order valence-electron chi connectivity index (χ1n) is 7.82. The summed E-state index contributed by atoms with van der Waals surface area (Å²) in [5.74, 6) is 1.36. The molecule has 2 aliphatic heterocycles. The highest BCUT2D eigenvalue weighted by Gasteiger charge is 2.29. The minimum atomic E-state index is 0.0814. The molecule has 0 aliphatic carbocycles. The lowest BCUT2D eigenvalue weighted by atomic mass is 10.00. The van der Waals surface area contributed by atoms with Crippen molar-refractivity contribution in [3.63, 3.8) is 0 Å². The van der Waals surface area contributed by atoms with Crippen molar-refractivity contribution < 1.29 is 4.79 Å². The van der Waals surface area contributed by atoms with Crippen molar-refractivity contribution in [2.45, 2.75) is 57.7 Å². The van der Waals surface area contributed by atoms with Gasteiger partial charge >= 0.3 is 0 Å². The Morgan fingerprint density at radius 1 is 1.45 bits per heavy atom. The number of carbonyl (C=O) groups is 1. The van der Waals surface area contributed by atoms with E-state index in [0.29, 0.717) is 0 Å². The molecule has 0 aromatic carbocycles. The van der Waals surface area contributed by atoms with Gasteiger partial charge in [0.25, 0.3) is 0 Å². The standard InChI is InChI=1S/C15H24N4O/c1-2-18-9-4-3-5-13(18)15(20)17-12-6-7-14-16-8-10-19(14)11-12/h8,10,12-13H,2-7,9,11H2,1H3,(H,17,20)/t12-,13-/m1/s1. The van der Waals surface area contributed by atoms with E-state index in [2.05, 4.69) is 26.7 Å². The number of nitrogens with zero attached hydrogens (tertiary/aromatic N) is 3. The number of piperidine rings is 1. The summed E-state index contributed by atoms with van der Waals surface area (Å²) in [6, 6.07) is 0.336. The molecule has 3 heterocycles. The van der Waals surface area contributed by atoms with Gasteiger partial charge in [-0.1, -0.05) is 13.3 Å². The molecule has 110 valence electrons. The number of likely N-dealkylation sites (N-methyl/N-ethyl adjacent to an activating group) is 1. The van der Waals surface area contributed by atoms with E-state index in [9.17, 15) is 4.79 Å². The number of imidazole rings is 1. The van der Waals surface area contributed by atoms with Crippen LogP contribution in [0.1, 0.15) is 38.4 Å². The molecule has 0 radical (unpaired) electrons. The number of hydrogen-bond acceptors (Lipinski definition) is 3. The molecular weight excluding hydrogens is 252 g/mol. The van der Waals surface area contributed by atoms with Crippen molar-refractivity contribution in [3.05, 3.63) is 18.2 Å². The first kappa shape index (κ1) is 13.6. The van der Waals surface area contributed by atoms with Crippen LogP contribution in [-0.2, 0) is 17.8 Å². The third kappa shape index (κ3) is 2.73. The first-order valence-corrected chi connectivity index (χ1v) is 7.82. The largest absolute Gasteiger partial charge is 0.350 e. The highest BCUT2D eigenvalue weighted by atomic mass is 16.2. The number of amides is 1. The van der Waals surface area contributed by atoms with Gasteiger partial charge in [-0.05, 0) is 32.4 Å². The average Bonchev–Trinajstić information content (AvgIpc) is 2.94. The molecule has 1 aromatic heterocycles. The van der Waals surface area contributed by atoms with Crippen molar-refractivity contribution in [2.75, 3.05) is 13.1 Å². The Bertz CT molecular complexity index is 470. The molecule has 1 aromatic rings. The Kier molecular flexibility index (Phi) is 4.05. The van der Waals surface area contributed by atoms with Gasteiger partial charge in [-0.3, -0.25) is 9.69 Å². The number of aromatic nitrogens is 2. The molecule has 0 bridgehead atoms. The third-order valence-electron chi connectivity index (χ3n) is 4.60. The highest BCUT2D eigenvalue weighted by molar-refractivity contribution is 5.82. The molecule has 0 spiro atoms. The Morgan fingerprint density at radius 3 is 3.20 bits per heavy atom. The third-order valence-corrected chi connectivity index (χ3v) is 4.60. The van der Waals surface area contributed by atoms with Gasteiger partial charge in [0.1, 0.15) is 5.82 Å². The van der Waals surface area contributed by atoms with Crippen molar-refractivity contribution in [3.8, 4) is 0 Å². The van der Waals surface area contributed by atoms with Gasteiger partial charge < -0.3 is 9.88 Å². The second-order valence-corrected chi connectivity index (χ2v) is 5.88. The average molecular weight is 276 g/mol. The predicted molar refractivity (Wildman–Crippen MR) is 77.4 cm³/mol. The number of carbonyl (C=O) groups excluding carboxylic acids is 1. The minimum Gasteiger partial charge on any atom is -0.350 e. The van der Waals surface area contributed by atoms with E-state index in [4.69, 9.17) is 0 Å². The van der Waals surface area contributed by atoms with Gasteiger partial charge in [-0.15, -0.1) is 0 Å². The van der Waals surface area contributed by atoms with Gasteiger partial charge in [-0.25, -0.2) is 4.98 Å². The zero-order valence-corrected chi connectivity index (χ0v) is 12.2. The molecule has 5 nitrogen and oxygen atoms in total. The van der Waals surface area contributed by atoms with Crippen molar-refractivity contribution in [2.24, 2.45) is 0 Å². The second kappa shape index (κ2) is 5.95. The molecular formula is C15H24N4O. The quantitative estimate of drug-likeness (QED) is 0.902. The number of nitrogens with one attached hydrogen (secondary N) is 1. The summed E-state index contributed by atoms with van der Waals surface area (Å²) < 4.78 is 2.16. The second-order valence-electron chi connectivity index (χ2n) is 5.88. The van der Waals surface area contributed by atoms with Crippen LogP contribution in [0.2, 0.25) is 0 Å². The lowest BCUT2D eigenvalue weighted by molar-refractivity contribution is -0.128. The summed E-state index contributed by atoms with van der Waals surface area (Å²) in [6.07, 6.45) is 9.21. The molecule has 1 N–H and O–H groups in total. The van der Waals surface area contributed by atoms with Crippen molar-refractivity contribution in [1.82, 2.24) is 19.8 Å². The van der Waals surface area contributed by atoms with Gasteiger partial charge in [0.05, 0.1) is 6.04 Å². The van der Waals surface area contributed by atoms with Crippen LogP contribution in [0.5, 0.6) is 0 Å². The van der Waals surface area contributed by atoms with Crippen LogP contribution in [0, 0.1) is 0 Å². The Labute approximate surface area is 120 Å². The fraction of sp³-hybridized carbons (Fsp3) is 0.733. The van der Waals surface area contributed by atoms with Crippen LogP contribution in [0.25, 0.3) is 0 Å².